The van der Waals surface area contributed by atoms with Gasteiger partial charge in [-0.1, -0.05) is 18.2 Å². The SMILES string of the molecule is C1=COC(CNc2ccc3oc4ccccc4c3c2)CC1. The Balaban J connectivity index is 1.60. The molecule has 0 amide bonds. The quantitative estimate of drug-likeness (QED) is 0.755. The Morgan fingerprint density at radius 1 is 1.05 bits per heavy atom. The first kappa shape index (κ1) is 12.3. The average Bonchev–Trinajstić information content (AvgIpc) is 2.92. The molecule has 4 rings (SSSR count). The summed E-state index contributed by atoms with van der Waals surface area (Å²) in [7, 11) is 0. The zero-order chi connectivity index (χ0) is 14.1. The third kappa shape index (κ3) is 2.35. The number of hydrogen-bond acceptors (Lipinski definition) is 3. The molecular formula is C18H17NO2. The summed E-state index contributed by atoms with van der Waals surface area (Å²) in [5.74, 6) is 0. The molecule has 1 aromatic heterocycles. The molecule has 0 bridgehead atoms. The standard InChI is InChI=1S/C18H17NO2/c1-2-7-17-15(6-1)16-11-13(8-9-18(16)21-17)19-12-14-5-3-4-10-20-14/h1-2,4,6-11,14,19H,3,5,12H2. The van der Waals surface area contributed by atoms with Crippen molar-refractivity contribution in [2.24, 2.45) is 0 Å². The monoisotopic (exact) mass is 279 g/mol. The highest BCUT2D eigenvalue weighted by atomic mass is 16.5. The van der Waals surface area contributed by atoms with Gasteiger partial charge < -0.3 is 14.5 Å². The molecule has 1 unspecified atom stereocenters. The predicted molar refractivity (Wildman–Crippen MR) is 85.5 cm³/mol. The Hall–Kier alpha value is -2.42. The number of benzene rings is 2. The van der Waals surface area contributed by atoms with E-state index in [9.17, 15) is 0 Å². The first-order valence-corrected chi connectivity index (χ1v) is 7.36. The molecule has 2 aromatic carbocycles. The van der Waals surface area contributed by atoms with Crippen molar-refractivity contribution in [2.75, 3.05) is 11.9 Å². The van der Waals surface area contributed by atoms with Crippen LogP contribution in [0.1, 0.15) is 12.8 Å². The molecule has 0 saturated heterocycles. The predicted octanol–water partition coefficient (Wildman–Crippen LogP) is 4.69. The molecule has 1 aliphatic heterocycles. The van der Waals surface area contributed by atoms with Crippen molar-refractivity contribution >= 4 is 27.6 Å². The first-order chi connectivity index (χ1) is 10.4. The molecule has 0 fully saturated rings. The molecule has 3 nitrogen and oxygen atoms in total. The minimum absolute atomic E-state index is 0.256. The van der Waals surface area contributed by atoms with E-state index in [0.717, 1.165) is 47.0 Å². The van der Waals surface area contributed by atoms with E-state index in [4.69, 9.17) is 9.15 Å². The van der Waals surface area contributed by atoms with Crippen molar-refractivity contribution in [3.8, 4) is 0 Å². The maximum atomic E-state index is 5.84. The van der Waals surface area contributed by atoms with Gasteiger partial charge in [-0.2, -0.15) is 0 Å². The van der Waals surface area contributed by atoms with Crippen LogP contribution in [0, 0.1) is 0 Å². The summed E-state index contributed by atoms with van der Waals surface area (Å²) in [4.78, 5) is 0. The van der Waals surface area contributed by atoms with Crippen LogP contribution in [-0.2, 0) is 4.74 Å². The Kier molecular flexibility index (Phi) is 3.03. The highest BCUT2D eigenvalue weighted by Gasteiger charge is 2.11. The average molecular weight is 279 g/mol. The number of ether oxygens (including phenoxy) is 1. The molecule has 1 aliphatic rings. The van der Waals surface area contributed by atoms with Gasteiger partial charge in [0.15, 0.2) is 0 Å². The van der Waals surface area contributed by atoms with Crippen LogP contribution >= 0.6 is 0 Å². The van der Waals surface area contributed by atoms with Crippen LogP contribution in [0.2, 0.25) is 0 Å². The minimum Gasteiger partial charge on any atom is -0.497 e. The van der Waals surface area contributed by atoms with Gasteiger partial charge in [-0.25, -0.2) is 0 Å². The lowest BCUT2D eigenvalue weighted by Crippen LogP contribution is -2.22. The number of nitrogens with one attached hydrogen (secondary N) is 1. The number of anilines is 1. The van der Waals surface area contributed by atoms with Crippen molar-refractivity contribution < 1.29 is 9.15 Å². The molecule has 0 aliphatic carbocycles. The lowest BCUT2D eigenvalue weighted by Gasteiger charge is -2.20. The molecule has 1 N–H and O–H groups in total. The van der Waals surface area contributed by atoms with Crippen molar-refractivity contribution in [1.82, 2.24) is 0 Å². The van der Waals surface area contributed by atoms with Crippen LogP contribution in [-0.4, -0.2) is 12.6 Å². The van der Waals surface area contributed by atoms with Crippen LogP contribution in [0.5, 0.6) is 0 Å². The number of fused-ring (bicyclic) bond motifs is 3. The van der Waals surface area contributed by atoms with Crippen LogP contribution < -0.4 is 5.32 Å². The number of rotatable bonds is 3. The van der Waals surface area contributed by atoms with Crippen LogP contribution in [0.4, 0.5) is 5.69 Å². The third-order valence-corrected chi connectivity index (χ3v) is 3.93. The summed E-state index contributed by atoms with van der Waals surface area (Å²) in [6, 6.07) is 14.4. The van der Waals surface area contributed by atoms with Gasteiger partial charge in [0, 0.05) is 16.5 Å². The van der Waals surface area contributed by atoms with Gasteiger partial charge in [0.25, 0.3) is 0 Å². The zero-order valence-electron chi connectivity index (χ0n) is 11.7. The number of hydrogen-bond donors (Lipinski definition) is 1. The summed E-state index contributed by atoms with van der Waals surface area (Å²) in [6.45, 7) is 0.825. The smallest absolute Gasteiger partial charge is 0.135 e. The number of furan rings is 1. The Morgan fingerprint density at radius 3 is 2.86 bits per heavy atom. The highest BCUT2D eigenvalue weighted by molar-refractivity contribution is 6.05. The van der Waals surface area contributed by atoms with E-state index in [2.05, 4.69) is 29.6 Å². The van der Waals surface area contributed by atoms with Gasteiger partial charge in [0.1, 0.15) is 17.3 Å². The lowest BCUT2D eigenvalue weighted by molar-refractivity contribution is 0.135. The second kappa shape index (κ2) is 5.17. The van der Waals surface area contributed by atoms with Crippen molar-refractivity contribution in [3.05, 3.63) is 54.8 Å². The van der Waals surface area contributed by atoms with E-state index in [1.165, 1.54) is 0 Å². The molecule has 3 heteroatoms. The molecule has 0 saturated carbocycles. The van der Waals surface area contributed by atoms with Crippen LogP contribution in [0.25, 0.3) is 21.9 Å². The lowest BCUT2D eigenvalue weighted by atomic mass is 10.1. The van der Waals surface area contributed by atoms with Crippen molar-refractivity contribution in [3.63, 3.8) is 0 Å². The van der Waals surface area contributed by atoms with E-state index in [-0.39, 0.29) is 6.10 Å². The summed E-state index contributed by atoms with van der Waals surface area (Å²) >= 11 is 0. The maximum absolute atomic E-state index is 5.84. The van der Waals surface area contributed by atoms with Gasteiger partial charge in [-0.15, -0.1) is 0 Å². The van der Waals surface area contributed by atoms with E-state index in [1.807, 2.05) is 30.5 Å². The summed E-state index contributed by atoms with van der Waals surface area (Å²) < 4.78 is 11.4. The van der Waals surface area contributed by atoms with Gasteiger partial charge in [-0.3, -0.25) is 0 Å². The van der Waals surface area contributed by atoms with E-state index in [1.54, 1.807) is 0 Å². The first-order valence-electron chi connectivity index (χ1n) is 7.36. The fourth-order valence-electron chi connectivity index (χ4n) is 2.80. The van der Waals surface area contributed by atoms with Crippen molar-refractivity contribution in [1.29, 1.82) is 0 Å². The second-order valence-electron chi connectivity index (χ2n) is 5.40. The van der Waals surface area contributed by atoms with E-state index < -0.39 is 0 Å². The van der Waals surface area contributed by atoms with Crippen molar-refractivity contribution in [2.45, 2.75) is 18.9 Å². The van der Waals surface area contributed by atoms with E-state index >= 15 is 0 Å². The molecule has 2 heterocycles. The van der Waals surface area contributed by atoms with Gasteiger partial charge in [0.05, 0.1) is 12.8 Å². The van der Waals surface area contributed by atoms with Gasteiger partial charge >= 0.3 is 0 Å². The normalized spacial score (nSPS) is 18.0. The third-order valence-electron chi connectivity index (χ3n) is 3.93. The second-order valence-corrected chi connectivity index (χ2v) is 5.40. The summed E-state index contributed by atoms with van der Waals surface area (Å²) in [5.41, 5.74) is 2.97. The fraction of sp³-hybridized carbons (Fsp3) is 0.222. The summed E-state index contributed by atoms with van der Waals surface area (Å²) in [6.07, 6.45) is 6.30. The Bertz CT molecular complexity index is 803. The molecular weight excluding hydrogens is 262 g/mol. The molecule has 0 spiro atoms. The van der Waals surface area contributed by atoms with Crippen LogP contribution in [0.3, 0.4) is 0 Å². The topological polar surface area (TPSA) is 34.4 Å². The fourth-order valence-corrected chi connectivity index (χ4v) is 2.80. The van der Waals surface area contributed by atoms with Gasteiger partial charge in [0.2, 0.25) is 0 Å². The minimum atomic E-state index is 0.256. The highest BCUT2D eigenvalue weighted by Crippen LogP contribution is 2.30. The number of para-hydroxylation sites is 1. The number of allylic oxidation sites excluding steroid dienone is 1. The molecule has 21 heavy (non-hydrogen) atoms. The van der Waals surface area contributed by atoms with E-state index in [0.29, 0.717) is 0 Å². The summed E-state index contributed by atoms with van der Waals surface area (Å²) in [5, 5.41) is 5.77. The Morgan fingerprint density at radius 2 is 1.95 bits per heavy atom. The van der Waals surface area contributed by atoms with Crippen LogP contribution in [0.15, 0.2) is 59.2 Å². The molecule has 1 atom stereocenters. The molecule has 3 aromatic rings. The largest absolute Gasteiger partial charge is 0.497 e. The zero-order valence-corrected chi connectivity index (χ0v) is 11.7. The Labute approximate surface area is 123 Å². The molecule has 0 radical (unpaired) electrons. The molecule has 106 valence electrons. The van der Waals surface area contributed by atoms with Gasteiger partial charge in [-0.05, 0) is 43.2 Å². The maximum Gasteiger partial charge on any atom is 0.135 e.